The molecule has 1 aromatic rings. The Morgan fingerprint density at radius 1 is 1.00 bits per heavy atom. The standard InChI is InChI=1S/C24H34N2O/c1-22-11-17-12-23(14-22,18-5-3-2-4-6-18)16-24(13-17,15-22)21(27)26-20-9-7-19(25)8-10-20/h2-6,17,19-20H,7-16,25H2,1H3,(H,26,27)/t17?,19?,20?,22-,23-,24?/m0/s1. The Hall–Kier alpha value is -1.35. The van der Waals surface area contributed by atoms with Gasteiger partial charge in [0.15, 0.2) is 0 Å². The van der Waals surface area contributed by atoms with E-state index < -0.39 is 0 Å². The summed E-state index contributed by atoms with van der Waals surface area (Å²) in [5, 5.41) is 3.49. The van der Waals surface area contributed by atoms with Gasteiger partial charge in [0.05, 0.1) is 5.41 Å². The molecule has 4 bridgehead atoms. The summed E-state index contributed by atoms with van der Waals surface area (Å²) < 4.78 is 0. The van der Waals surface area contributed by atoms with Gasteiger partial charge in [0.1, 0.15) is 0 Å². The Bertz CT molecular complexity index is 725. The van der Waals surface area contributed by atoms with Crippen molar-refractivity contribution in [3.8, 4) is 0 Å². The first-order valence-corrected chi connectivity index (χ1v) is 11.0. The van der Waals surface area contributed by atoms with Crippen molar-refractivity contribution in [2.24, 2.45) is 22.5 Å². The molecule has 5 saturated carbocycles. The lowest BCUT2D eigenvalue weighted by molar-refractivity contribution is -0.161. The first kappa shape index (κ1) is 17.7. The number of amides is 1. The molecule has 2 unspecified atom stereocenters. The third-order valence-electron chi connectivity index (χ3n) is 8.32. The fourth-order valence-electron chi connectivity index (χ4n) is 7.89. The van der Waals surface area contributed by atoms with E-state index in [1.54, 1.807) is 0 Å². The van der Waals surface area contributed by atoms with Crippen molar-refractivity contribution in [3.05, 3.63) is 35.9 Å². The van der Waals surface area contributed by atoms with Gasteiger partial charge < -0.3 is 11.1 Å². The Labute approximate surface area is 163 Å². The number of hydrogen-bond acceptors (Lipinski definition) is 2. The molecular weight excluding hydrogens is 332 g/mol. The molecule has 5 aliphatic carbocycles. The normalized spacial score (nSPS) is 45.6. The average molecular weight is 367 g/mol. The molecule has 5 fully saturated rings. The van der Waals surface area contributed by atoms with E-state index in [1.807, 2.05) is 0 Å². The van der Waals surface area contributed by atoms with Gasteiger partial charge in [-0.05, 0) is 86.5 Å². The zero-order valence-electron chi connectivity index (χ0n) is 16.7. The van der Waals surface area contributed by atoms with Crippen LogP contribution in [-0.2, 0) is 10.2 Å². The maximum atomic E-state index is 13.6. The smallest absolute Gasteiger partial charge is 0.226 e. The Balaban J connectivity index is 1.43. The van der Waals surface area contributed by atoms with Crippen molar-refractivity contribution in [2.45, 2.75) is 88.6 Å². The van der Waals surface area contributed by atoms with E-state index in [2.05, 4.69) is 42.6 Å². The van der Waals surface area contributed by atoms with Gasteiger partial charge in [-0.25, -0.2) is 0 Å². The number of carbonyl (C=O) groups excluding carboxylic acids is 1. The van der Waals surface area contributed by atoms with Gasteiger partial charge in [-0.15, -0.1) is 0 Å². The molecular formula is C24H34N2O. The summed E-state index contributed by atoms with van der Waals surface area (Å²) in [5.41, 5.74) is 7.92. The largest absolute Gasteiger partial charge is 0.353 e. The number of nitrogens with two attached hydrogens (primary N) is 1. The zero-order chi connectivity index (χ0) is 18.7. The van der Waals surface area contributed by atoms with Crippen molar-refractivity contribution in [1.29, 1.82) is 0 Å². The van der Waals surface area contributed by atoms with Crippen molar-refractivity contribution >= 4 is 5.91 Å². The highest BCUT2D eigenvalue weighted by atomic mass is 16.2. The molecule has 0 aromatic heterocycles. The molecule has 27 heavy (non-hydrogen) atoms. The summed E-state index contributed by atoms with van der Waals surface area (Å²) in [6, 6.07) is 11.8. The predicted molar refractivity (Wildman–Crippen MR) is 108 cm³/mol. The number of benzene rings is 1. The third-order valence-corrected chi connectivity index (χ3v) is 8.32. The molecule has 5 aliphatic rings. The molecule has 146 valence electrons. The second-order valence-corrected chi connectivity index (χ2v) is 10.8. The van der Waals surface area contributed by atoms with E-state index in [1.165, 1.54) is 24.8 Å². The molecule has 1 amide bonds. The lowest BCUT2D eigenvalue weighted by atomic mass is 9.38. The monoisotopic (exact) mass is 366 g/mol. The van der Waals surface area contributed by atoms with Gasteiger partial charge in [0, 0.05) is 12.1 Å². The summed E-state index contributed by atoms with van der Waals surface area (Å²) >= 11 is 0. The van der Waals surface area contributed by atoms with Crippen molar-refractivity contribution in [3.63, 3.8) is 0 Å². The lowest BCUT2D eigenvalue weighted by Gasteiger charge is -2.65. The van der Waals surface area contributed by atoms with Gasteiger partial charge in [0.2, 0.25) is 5.91 Å². The van der Waals surface area contributed by atoms with Gasteiger partial charge in [0.25, 0.3) is 0 Å². The number of rotatable bonds is 3. The molecule has 0 heterocycles. The highest BCUT2D eigenvalue weighted by Gasteiger charge is 2.64. The van der Waals surface area contributed by atoms with Crippen LogP contribution in [-0.4, -0.2) is 18.0 Å². The van der Waals surface area contributed by atoms with E-state index in [9.17, 15) is 4.79 Å². The second kappa shape index (κ2) is 6.07. The Kier molecular flexibility index (Phi) is 3.99. The summed E-state index contributed by atoms with van der Waals surface area (Å²) in [6.45, 7) is 2.46. The highest BCUT2D eigenvalue weighted by Crippen LogP contribution is 2.70. The molecule has 0 radical (unpaired) electrons. The van der Waals surface area contributed by atoms with Gasteiger partial charge in [-0.1, -0.05) is 37.3 Å². The van der Waals surface area contributed by atoms with E-state index in [-0.39, 0.29) is 10.8 Å². The molecule has 1 aromatic carbocycles. The average Bonchev–Trinajstić information content (AvgIpc) is 2.62. The maximum absolute atomic E-state index is 13.6. The van der Waals surface area contributed by atoms with Crippen LogP contribution >= 0.6 is 0 Å². The SMILES string of the molecule is C[C@@]12CC3CC(C(=O)NC4CCC(N)CC4)(C1)C[C@](c1ccccc1)(C3)C2. The van der Waals surface area contributed by atoms with Crippen molar-refractivity contribution in [2.75, 3.05) is 0 Å². The van der Waals surface area contributed by atoms with Crippen LogP contribution in [0.3, 0.4) is 0 Å². The first-order chi connectivity index (χ1) is 12.9. The minimum atomic E-state index is -0.149. The minimum Gasteiger partial charge on any atom is -0.353 e. The molecule has 6 rings (SSSR count). The third kappa shape index (κ3) is 2.93. The quantitative estimate of drug-likeness (QED) is 0.838. The van der Waals surface area contributed by atoms with Gasteiger partial charge in [-0.2, -0.15) is 0 Å². The van der Waals surface area contributed by atoms with E-state index in [0.29, 0.717) is 29.3 Å². The first-order valence-electron chi connectivity index (χ1n) is 11.0. The van der Waals surface area contributed by atoms with Crippen LogP contribution in [0.15, 0.2) is 30.3 Å². The van der Waals surface area contributed by atoms with Crippen LogP contribution in [0.2, 0.25) is 0 Å². The van der Waals surface area contributed by atoms with Gasteiger partial charge in [-0.3, -0.25) is 4.79 Å². The summed E-state index contributed by atoms with van der Waals surface area (Å²) in [4.78, 5) is 13.6. The summed E-state index contributed by atoms with van der Waals surface area (Å²) in [6.07, 6.45) is 11.3. The van der Waals surface area contributed by atoms with Crippen molar-refractivity contribution < 1.29 is 4.79 Å². The highest BCUT2D eigenvalue weighted by molar-refractivity contribution is 5.84. The topological polar surface area (TPSA) is 55.1 Å². The van der Waals surface area contributed by atoms with Crippen LogP contribution in [0.1, 0.15) is 76.7 Å². The molecule has 3 heteroatoms. The zero-order valence-corrected chi connectivity index (χ0v) is 16.7. The van der Waals surface area contributed by atoms with Crippen LogP contribution in [0.25, 0.3) is 0 Å². The molecule has 0 aliphatic heterocycles. The molecule has 0 saturated heterocycles. The second-order valence-electron chi connectivity index (χ2n) is 10.8. The van der Waals surface area contributed by atoms with Crippen molar-refractivity contribution in [1.82, 2.24) is 5.32 Å². The maximum Gasteiger partial charge on any atom is 0.226 e. The van der Waals surface area contributed by atoms with Crippen LogP contribution in [0, 0.1) is 16.7 Å². The van der Waals surface area contributed by atoms with E-state index in [4.69, 9.17) is 5.73 Å². The molecule has 3 N–H and O–H groups in total. The number of nitrogens with one attached hydrogen (secondary N) is 1. The Morgan fingerprint density at radius 3 is 2.44 bits per heavy atom. The summed E-state index contributed by atoms with van der Waals surface area (Å²) in [5.74, 6) is 1.07. The molecule has 3 nitrogen and oxygen atoms in total. The Morgan fingerprint density at radius 2 is 1.74 bits per heavy atom. The predicted octanol–water partition coefficient (Wildman–Crippen LogP) is 4.30. The summed E-state index contributed by atoms with van der Waals surface area (Å²) in [7, 11) is 0. The molecule has 0 spiro atoms. The lowest BCUT2D eigenvalue weighted by Crippen LogP contribution is -2.62. The number of hydrogen-bond donors (Lipinski definition) is 2. The molecule has 4 atom stereocenters. The van der Waals surface area contributed by atoms with E-state index >= 15 is 0 Å². The van der Waals surface area contributed by atoms with E-state index in [0.717, 1.165) is 44.9 Å². The van der Waals surface area contributed by atoms with Gasteiger partial charge >= 0.3 is 0 Å². The minimum absolute atomic E-state index is 0.149. The van der Waals surface area contributed by atoms with Crippen LogP contribution in [0.4, 0.5) is 0 Å². The fraction of sp³-hybridized carbons (Fsp3) is 0.708. The fourth-order valence-corrected chi connectivity index (χ4v) is 7.89. The van der Waals surface area contributed by atoms with Crippen LogP contribution in [0.5, 0.6) is 0 Å². The number of carbonyl (C=O) groups is 1. The van der Waals surface area contributed by atoms with Crippen LogP contribution < -0.4 is 11.1 Å².